The normalized spacial score (nSPS) is 16.8. The lowest BCUT2D eigenvalue weighted by Gasteiger charge is -2.23. The summed E-state index contributed by atoms with van der Waals surface area (Å²) in [6, 6.07) is 10.7. The number of rotatable bonds is 4. The molecule has 0 atom stereocenters. The highest BCUT2D eigenvalue weighted by Crippen LogP contribution is 2.31. The van der Waals surface area contributed by atoms with Crippen LogP contribution in [0.2, 0.25) is 0 Å². The lowest BCUT2D eigenvalue weighted by molar-refractivity contribution is 0.279. The molecular weight excluding hydrogens is 501 g/mol. The molecule has 33 heavy (non-hydrogen) atoms. The number of aromatic nitrogens is 2. The maximum atomic E-state index is 13.2. The maximum Gasteiger partial charge on any atom is 0.262 e. The second kappa shape index (κ2) is 12.4. The number of hydrogen-bond acceptors (Lipinski definition) is 6. The molecule has 3 aromatic rings. The van der Waals surface area contributed by atoms with E-state index in [1.54, 1.807) is 17.7 Å². The molecule has 0 spiro atoms. The minimum absolute atomic E-state index is 0. The number of hydrogen-bond donors (Lipinski definition) is 0. The van der Waals surface area contributed by atoms with Crippen molar-refractivity contribution in [2.24, 2.45) is 0 Å². The third-order valence-electron chi connectivity index (χ3n) is 6.39. The molecule has 182 valence electrons. The lowest BCUT2D eigenvalue weighted by Crippen LogP contribution is -2.34. The van der Waals surface area contributed by atoms with Gasteiger partial charge in [-0.2, -0.15) is 0 Å². The van der Waals surface area contributed by atoms with Gasteiger partial charge in [-0.05, 0) is 44.1 Å². The Balaban J connectivity index is 0.00000128. The number of anilines is 1. The van der Waals surface area contributed by atoms with Crippen LogP contribution < -0.4 is 10.5 Å². The minimum Gasteiger partial charge on any atom is -0.370 e. The molecule has 0 aliphatic carbocycles. The number of halogens is 3. The molecule has 1 aromatic carbocycles. The van der Waals surface area contributed by atoms with E-state index in [0.717, 1.165) is 68.9 Å². The number of thiophene rings is 1. The number of likely N-dealkylation sites (N-methyl/N-ethyl adjacent to an activating group) is 1. The van der Waals surface area contributed by atoms with Crippen LogP contribution in [0.15, 0.2) is 41.5 Å². The first-order valence-corrected chi connectivity index (χ1v) is 11.7. The van der Waals surface area contributed by atoms with E-state index in [1.807, 2.05) is 4.57 Å². The van der Waals surface area contributed by atoms with Gasteiger partial charge in [0, 0.05) is 56.4 Å². The van der Waals surface area contributed by atoms with Crippen molar-refractivity contribution in [3.8, 4) is 0 Å². The molecule has 10 heteroatoms. The van der Waals surface area contributed by atoms with Gasteiger partial charge in [0.25, 0.3) is 5.56 Å². The quantitative estimate of drug-likeness (QED) is 0.510. The first-order valence-electron chi connectivity index (χ1n) is 10.9. The molecule has 1 fully saturated rings. The van der Waals surface area contributed by atoms with Crippen LogP contribution in [0.25, 0.3) is 10.2 Å². The Hall–Kier alpha value is -1.35. The standard InChI is InChI=1S/C23H29N5OS.3ClH/c1-25-11-8-19-20(16-25)30-22-21(19)23(29)28(17-24-22)15-13-26-9-5-10-27(14-12-26)18-6-3-2-4-7-18;;;/h2-4,6-7,17H,5,8-16H2,1H3;3*1H. The van der Waals surface area contributed by atoms with E-state index in [4.69, 9.17) is 0 Å². The molecule has 0 amide bonds. The Bertz CT molecular complexity index is 1090. The predicted molar refractivity (Wildman–Crippen MR) is 145 cm³/mol. The van der Waals surface area contributed by atoms with Crippen LogP contribution in [0.5, 0.6) is 0 Å². The summed E-state index contributed by atoms with van der Waals surface area (Å²) in [6.07, 6.45) is 3.85. The zero-order valence-electron chi connectivity index (χ0n) is 18.8. The van der Waals surface area contributed by atoms with Crippen molar-refractivity contribution >= 4 is 64.5 Å². The monoisotopic (exact) mass is 531 g/mol. The minimum atomic E-state index is 0. The Morgan fingerprint density at radius 2 is 1.76 bits per heavy atom. The smallest absolute Gasteiger partial charge is 0.262 e. The van der Waals surface area contributed by atoms with Gasteiger partial charge in [0.15, 0.2) is 0 Å². The summed E-state index contributed by atoms with van der Waals surface area (Å²) in [5.41, 5.74) is 2.69. The van der Waals surface area contributed by atoms with Crippen LogP contribution >= 0.6 is 48.6 Å². The van der Waals surface area contributed by atoms with Gasteiger partial charge in [-0.1, -0.05) is 18.2 Å². The van der Waals surface area contributed by atoms with Gasteiger partial charge in [0.1, 0.15) is 4.83 Å². The summed E-state index contributed by atoms with van der Waals surface area (Å²) in [5.74, 6) is 0. The topological polar surface area (TPSA) is 44.6 Å². The Kier molecular flexibility index (Phi) is 10.5. The zero-order valence-corrected chi connectivity index (χ0v) is 22.1. The van der Waals surface area contributed by atoms with Crippen molar-refractivity contribution < 1.29 is 0 Å². The van der Waals surface area contributed by atoms with Gasteiger partial charge in [-0.25, -0.2) is 4.98 Å². The molecule has 0 N–H and O–H groups in total. The van der Waals surface area contributed by atoms with E-state index < -0.39 is 0 Å². The molecule has 2 aliphatic rings. The van der Waals surface area contributed by atoms with Gasteiger partial charge in [-0.15, -0.1) is 48.6 Å². The fraction of sp³-hybridized carbons (Fsp3) is 0.478. The number of nitrogens with zero attached hydrogens (tertiary/aromatic N) is 5. The fourth-order valence-electron chi connectivity index (χ4n) is 4.65. The molecule has 6 nitrogen and oxygen atoms in total. The van der Waals surface area contributed by atoms with Crippen molar-refractivity contribution in [2.45, 2.75) is 25.9 Å². The largest absolute Gasteiger partial charge is 0.370 e. The molecule has 1 saturated heterocycles. The summed E-state index contributed by atoms with van der Waals surface area (Å²) in [4.78, 5) is 27.3. The maximum absolute atomic E-state index is 13.2. The van der Waals surface area contributed by atoms with Crippen LogP contribution in [0.3, 0.4) is 0 Å². The predicted octanol–water partition coefficient (Wildman–Crippen LogP) is 3.92. The van der Waals surface area contributed by atoms with E-state index in [-0.39, 0.29) is 42.8 Å². The second-order valence-electron chi connectivity index (χ2n) is 8.43. The van der Waals surface area contributed by atoms with Crippen molar-refractivity contribution in [1.82, 2.24) is 19.4 Å². The molecule has 2 aromatic heterocycles. The molecule has 4 heterocycles. The summed E-state index contributed by atoms with van der Waals surface area (Å²) in [7, 11) is 2.14. The average Bonchev–Trinajstić information content (AvgIpc) is 2.96. The van der Waals surface area contributed by atoms with Crippen LogP contribution in [0.1, 0.15) is 16.9 Å². The van der Waals surface area contributed by atoms with Gasteiger partial charge >= 0.3 is 0 Å². The first kappa shape index (κ1) is 27.9. The number of para-hydroxylation sites is 1. The zero-order chi connectivity index (χ0) is 20.5. The number of benzene rings is 1. The fourth-order valence-corrected chi connectivity index (χ4v) is 5.90. The number of fused-ring (bicyclic) bond motifs is 3. The van der Waals surface area contributed by atoms with E-state index in [0.29, 0.717) is 6.54 Å². The van der Waals surface area contributed by atoms with E-state index >= 15 is 0 Å². The van der Waals surface area contributed by atoms with Crippen molar-refractivity contribution in [3.05, 3.63) is 57.5 Å². The highest BCUT2D eigenvalue weighted by molar-refractivity contribution is 7.18. The van der Waals surface area contributed by atoms with E-state index in [1.165, 1.54) is 16.1 Å². The molecule has 5 rings (SSSR count). The SMILES string of the molecule is CN1CCc2c(sc3ncn(CCN4CCCN(c5ccccc5)CC4)c(=O)c23)C1.Cl.Cl.Cl. The highest BCUT2D eigenvalue weighted by atomic mass is 35.5. The van der Waals surface area contributed by atoms with E-state index in [9.17, 15) is 4.79 Å². The van der Waals surface area contributed by atoms with Crippen LogP contribution in [0.4, 0.5) is 5.69 Å². The van der Waals surface area contributed by atoms with Crippen LogP contribution in [-0.4, -0.2) is 65.7 Å². The summed E-state index contributed by atoms with van der Waals surface area (Å²) < 4.78 is 1.83. The Morgan fingerprint density at radius 1 is 0.970 bits per heavy atom. The van der Waals surface area contributed by atoms with Crippen molar-refractivity contribution in [3.63, 3.8) is 0 Å². The van der Waals surface area contributed by atoms with Crippen molar-refractivity contribution in [2.75, 3.05) is 51.2 Å². The third-order valence-corrected chi connectivity index (χ3v) is 7.51. The third kappa shape index (κ3) is 6.02. The van der Waals surface area contributed by atoms with E-state index in [2.05, 4.69) is 57.1 Å². The summed E-state index contributed by atoms with van der Waals surface area (Å²) >= 11 is 1.69. The molecular formula is C23H32Cl3N5OS. The molecule has 0 radical (unpaired) electrons. The van der Waals surface area contributed by atoms with Crippen LogP contribution in [0, 0.1) is 0 Å². The Labute approximate surface area is 217 Å². The van der Waals surface area contributed by atoms with Gasteiger partial charge in [0.05, 0.1) is 11.7 Å². The lowest BCUT2D eigenvalue weighted by atomic mass is 10.1. The van der Waals surface area contributed by atoms with Gasteiger partial charge in [0.2, 0.25) is 0 Å². The second-order valence-corrected chi connectivity index (χ2v) is 9.52. The average molecular weight is 533 g/mol. The van der Waals surface area contributed by atoms with Gasteiger partial charge in [-0.3, -0.25) is 14.3 Å². The molecule has 0 saturated carbocycles. The van der Waals surface area contributed by atoms with Crippen molar-refractivity contribution in [1.29, 1.82) is 0 Å². The Morgan fingerprint density at radius 3 is 2.55 bits per heavy atom. The first-order chi connectivity index (χ1) is 14.7. The molecule has 2 aliphatic heterocycles. The summed E-state index contributed by atoms with van der Waals surface area (Å²) in [6.45, 7) is 7.77. The van der Waals surface area contributed by atoms with Gasteiger partial charge < -0.3 is 9.80 Å². The molecule has 0 bridgehead atoms. The summed E-state index contributed by atoms with van der Waals surface area (Å²) in [5, 5.41) is 0.872. The molecule has 0 unspecified atom stereocenters. The highest BCUT2D eigenvalue weighted by Gasteiger charge is 2.22. The van der Waals surface area contributed by atoms with Crippen LogP contribution in [-0.2, 0) is 19.5 Å².